The number of carbonyl (C=O) groups is 2. The number of carboxylic acids is 1. The van der Waals surface area contributed by atoms with E-state index in [2.05, 4.69) is 31.9 Å². The van der Waals surface area contributed by atoms with Gasteiger partial charge >= 0.3 is 5.97 Å². The predicted molar refractivity (Wildman–Crippen MR) is 78.3 cm³/mol. The molecule has 0 spiro atoms. The second kappa shape index (κ2) is 6.05. The molecule has 1 aromatic carbocycles. The van der Waals surface area contributed by atoms with E-state index in [4.69, 9.17) is 0 Å². The molecule has 0 radical (unpaired) electrons. The van der Waals surface area contributed by atoms with Gasteiger partial charge in [0.1, 0.15) is 6.04 Å². The van der Waals surface area contributed by atoms with Crippen LogP contribution in [0.1, 0.15) is 12.0 Å². The lowest BCUT2D eigenvalue weighted by Gasteiger charge is -2.24. The van der Waals surface area contributed by atoms with Crippen LogP contribution < -0.4 is 0 Å². The molecule has 1 saturated heterocycles. The summed E-state index contributed by atoms with van der Waals surface area (Å²) in [4.78, 5) is 24.7. The molecule has 1 heterocycles. The number of hydrogen-bond donors (Lipinski definition) is 1. The van der Waals surface area contributed by atoms with Gasteiger partial charge in [-0.3, -0.25) is 4.79 Å². The average Bonchev–Trinajstić information content (AvgIpc) is 2.65. The van der Waals surface area contributed by atoms with Crippen molar-refractivity contribution in [3.8, 4) is 0 Å². The molecule has 1 aliphatic heterocycles. The number of carbonyl (C=O) groups excluding carboxylic acids is 1. The SMILES string of the molecule is O=C(O)C(Cc1cccc(Br)c1)N1CC(Br)CC1=O. The summed E-state index contributed by atoms with van der Waals surface area (Å²) in [5.41, 5.74) is 0.896. The second-order valence-corrected chi connectivity index (χ2v) is 6.75. The lowest BCUT2D eigenvalue weighted by atomic mass is 10.1. The van der Waals surface area contributed by atoms with Crippen molar-refractivity contribution in [2.45, 2.75) is 23.7 Å². The highest BCUT2D eigenvalue weighted by atomic mass is 79.9. The van der Waals surface area contributed by atoms with E-state index >= 15 is 0 Å². The maximum absolute atomic E-state index is 11.8. The van der Waals surface area contributed by atoms with Crippen molar-refractivity contribution >= 4 is 43.7 Å². The van der Waals surface area contributed by atoms with Crippen LogP contribution in [-0.4, -0.2) is 39.3 Å². The molecule has 2 atom stereocenters. The maximum Gasteiger partial charge on any atom is 0.326 e. The fourth-order valence-electron chi connectivity index (χ4n) is 2.21. The number of carboxylic acid groups (broad SMARTS) is 1. The number of amides is 1. The number of benzene rings is 1. The first kappa shape index (κ1) is 14.5. The van der Waals surface area contributed by atoms with Gasteiger partial charge in [0.15, 0.2) is 0 Å². The van der Waals surface area contributed by atoms with Crippen LogP contribution in [0, 0.1) is 0 Å². The first-order valence-electron chi connectivity index (χ1n) is 5.88. The number of halogens is 2. The molecule has 0 bridgehead atoms. The van der Waals surface area contributed by atoms with Crippen LogP contribution in [0.4, 0.5) is 0 Å². The van der Waals surface area contributed by atoms with Gasteiger partial charge in [-0.2, -0.15) is 0 Å². The number of likely N-dealkylation sites (tertiary alicyclic amines) is 1. The van der Waals surface area contributed by atoms with Gasteiger partial charge in [-0.1, -0.05) is 44.0 Å². The Morgan fingerprint density at radius 3 is 2.79 bits per heavy atom. The summed E-state index contributed by atoms with van der Waals surface area (Å²) in [6.45, 7) is 0.448. The Balaban J connectivity index is 2.17. The van der Waals surface area contributed by atoms with Gasteiger partial charge < -0.3 is 10.0 Å². The third-order valence-electron chi connectivity index (χ3n) is 3.09. The molecular weight excluding hydrogens is 378 g/mol. The fraction of sp³-hybridized carbons (Fsp3) is 0.385. The number of hydrogen-bond acceptors (Lipinski definition) is 2. The van der Waals surface area contributed by atoms with E-state index < -0.39 is 12.0 Å². The van der Waals surface area contributed by atoms with E-state index in [1.165, 1.54) is 4.90 Å². The Bertz CT molecular complexity index is 506. The van der Waals surface area contributed by atoms with Crippen molar-refractivity contribution in [3.05, 3.63) is 34.3 Å². The van der Waals surface area contributed by atoms with Crippen LogP contribution in [0.25, 0.3) is 0 Å². The van der Waals surface area contributed by atoms with Gasteiger partial charge in [0.05, 0.1) is 0 Å². The number of alkyl halides is 1. The zero-order valence-corrected chi connectivity index (χ0v) is 13.2. The Labute approximate surface area is 128 Å². The van der Waals surface area contributed by atoms with Crippen molar-refractivity contribution in [3.63, 3.8) is 0 Å². The van der Waals surface area contributed by atoms with E-state index in [9.17, 15) is 14.7 Å². The molecule has 102 valence electrons. The second-order valence-electron chi connectivity index (χ2n) is 4.54. The van der Waals surface area contributed by atoms with Gasteiger partial charge in [-0.05, 0) is 17.7 Å². The summed E-state index contributed by atoms with van der Waals surface area (Å²) < 4.78 is 0.903. The summed E-state index contributed by atoms with van der Waals surface area (Å²) >= 11 is 6.73. The van der Waals surface area contributed by atoms with Crippen LogP contribution in [0.15, 0.2) is 28.7 Å². The molecule has 0 aromatic heterocycles. The third kappa shape index (κ3) is 3.57. The first-order valence-corrected chi connectivity index (χ1v) is 7.59. The summed E-state index contributed by atoms with van der Waals surface area (Å²) in [7, 11) is 0. The lowest BCUT2D eigenvalue weighted by Crippen LogP contribution is -2.43. The molecule has 0 saturated carbocycles. The van der Waals surface area contributed by atoms with Gasteiger partial charge in [0.2, 0.25) is 5.91 Å². The molecule has 19 heavy (non-hydrogen) atoms. The lowest BCUT2D eigenvalue weighted by molar-refractivity contribution is -0.148. The van der Waals surface area contributed by atoms with Crippen LogP contribution in [0.5, 0.6) is 0 Å². The molecule has 1 amide bonds. The molecular formula is C13H13Br2NO3. The summed E-state index contributed by atoms with van der Waals surface area (Å²) in [6, 6.07) is 6.69. The molecule has 1 aromatic rings. The Morgan fingerprint density at radius 1 is 1.53 bits per heavy atom. The highest BCUT2D eigenvalue weighted by molar-refractivity contribution is 9.10. The summed E-state index contributed by atoms with van der Waals surface area (Å²) in [5.74, 6) is -1.07. The molecule has 1 aliphatic rings. The van der Waals surface area contributed by atoms with E-state index in [1.807, 2.05) is 24.3 Å². The Morgan fingerprint density at radius 2 is 2.26 bits per heavy atom. The zero-order chi connectivity index (χ0) is 14.0. The van der Waals surface area contributed by atoms with Gasteiger partial charge in [-0.25, -0.2) is 4.79 Å². The number of nitrogens with zero attached hydrogens (tertiary/aromatic N) is 1. The quantitative estimate of drug-likeness (QED) is 0.803. The van der Waals surface area contributed by atoms with Crippen molar-refractivity contribution in [2.24, 2.45) is 0 Å². The van der Waals surface area contributed by atoms with E-state index in [-0.39, 0.29) is 10.7 Å². The highest BCUT2D eigenvalue weighted by Crippen LogP contribution is 2.23. The van der Waals surface area contributed by atoms with Crippen molar-refractivity contribution in [1.29, 1.82) is 0 Å². The minimum atomic E-state index is -0.963. The molecule has 4 nitrogen and oxygen atoms in total. The first-order chi connectivity index (χ1) is 8.97. The molecule has 2 rings (SSSR count). The summed E-state index contributed by atoms with van der Waals surface area (Å²) in [6.07, 6.45) is 0.683. The van der Waals surface area contributed by atoms with Crippen LogP contribution in [0.2, 0.25) is 0 Å². The zero-order valence-electron chi connectivity index (χ0n) is 10.1. The highest BCUT2D eigenvalue weighted by Gasteiger charge is 2.36. The molecule has 2 unspecified atom stereocenters. The largest absolute Gasteiger partial charge is 0.480 e. The van der Waals surface area contributed by atoms with E-state index in [0.717, 1.165) is 10.0 Å². The standard InChI is InChI=1S/C13H13Br2NO3/c14-9-3-1-2-8(4-9)5-11(13(18)19)16-7-10(15)6-12(16)17/h1-4,10-11H,5-7H2,(H,18,19). The smallest absolute Gasteiger partial charge is 0.326 e. The Hall–Kier alpha value is -0.880. The van der Waals surface area contributed by atoms with Gasteiger partial charge in [-0.15, -0.1) is 0 Å². The van der Waals surface area contributed by atoms with Crippen molar-refractivity contribution in [1.82, 2.24) is 4.90 Å². The van der Waals surface area contributed by atoms with Crippen LogP contribution in [0.3, 0.4) is 0 Å². The minimum absolute atomic E-state index is 0.0457. The third-order valence-corrected chi connectivity index (χ3v) is 4.20. The predicted octanol–water partition coefficient (Wildman–Crippen LogP) is 2.44. The maximum atomic E-state index is 11.8. The van der Waals surface area contributed by atoms with Gasteiger partial charge in [0, 0.05) is 28.7 Å². The minimum Gasteiger partial charge on any atom is -0.480 e. The molecule has 0 aliphatic carbocycles. The van der Waals surface area contributed by atoms with Crippen LogP contribution in [-0.2, 0) is 16.0 Å². The van der Waals surface area contributed by atoms with E-state index in [1.54, 1.807) is 0 Å². The topological polar surface area (TPSA) is 57.6 Å². The van der Waals surface area contributed by atoms with Gasteiger partial charge in [0.25, 0.3) is 0 Å². The molecule has 6 heteroatoms. The normalized spacial score (nSPS) is 20.6. The van der Waals surface area contributed by atoms with Crippen LogP contribution >= 0.6 is 31.9 Å². The monoisotopic (exact) mass is 389 g/mol. The van der Waals surface area contributed by atoms with E-state index in [0.29, 0.717) is 19.4 Å². The van der Waals surface area contributed by atoms with Crippen molar-refractivity contribution in [2.75, 3.05) is 6.54 Å². The Kier molecular flexibility index (Phi) is 4.62. The molecule has 1 fully saturated rings. The number of aliphatic carboxylic acids is 1. The average molecular weight is 391 g/mol. The summed E-state index contributed by atoms with van der Waals surface area (Å²) in [5, 5.41) is 9.35. The molecule has 1 N–H and O–H groups in total. The van der Waals surface area contributed by atoms with Crippen molar-refractivity contribution < 1.29 is 14.7 Å². The fourth-order valence-corrected chi connectivity index (χ4v) is 3.24. The number of rotatable bonds is 4.